The Morgan fingerprint density at radius 2 is 1.90 bits per heavy atom. The highest BCUT2D eigenvalue weighted by molar-refractivity contribution is 5.19. The summed E-state index contributed by atoms with van der Waals surface area (Å²) in [7, 11) is 0. The predicted octanol–water partition coefficient (Wildman–Crippen LogP) is 3.51. The fourth-order valence-electron chi connectivity index (χ4n) is 3.73. The first-order chi connectivity index (χ1) is 10.0. The molecule has 1 N–H and O–H groups in total. The Morgan fingerprint density at radius 3 is 2.62 bits per heavy atom. The Kier molecular flexibility index (Phi) is 4.22. The minimum atomic E-state index is -4.15. The number of nitrogens with one attached hydrogen (secondary N) is 1. The van der Waals surface area contributed by atoms with Crippen molar-refractivity contribution in [1.82, 2.24) is 10.2 Å². The number of halogens is 3. The van der Waals surface area contributed by atoms with E-state index in [0.717, 1.165) is 37.9 Å². The van der Waals surface area contributed by atoms with Gasteiger partial charge in [-0.1, -0.05) is 30.3 Å². The van der Waals surface area contributed by atoms with Gasteiger partial charge >= 0.3 is 6.18 Å². The number of benzene rings is 1. The van der Waals surface area contributed by atoms with E-state index >= 15 is 0 Å². The Bertz CT molecular complexity index is 460. The monoisotopic (exact) mass is 298 g/mol. The molecule has 2 aliphatic heterocycles. The smallest absolute Gasteiger partial charge is 0.305 e. The lowest BCUT2D eigenvalue weighted by Crippen LogP contribution is -2.42. The minimum Gasteiger partial charge on any atom is -0.305 e. The fourth-order valence-corrected chi connectivity index (χ4v) is 3.73. The summed E-state index contributed by atoms with van der Waals surface area (Å²) in [6, 6.07) is 8.97. The summed E-state index contributed by atoms with van der Waals surface area (Å²) in [6.07, 6.45) is -1.74. The molecule has 2 aliphatic rings. The average Bonchev–Trinajstić information content (AvgIpc) is 3.02. The minimum absolute atomic E-state index is 0.181. The summed E-state index contributed by atoms with van der Waals surface area (Å²) < 4.78 is 38.6. The molecule has 0 aromatic heterocycles. The fraction of sp³-hybridized carbons (Fsp3) is 0.625. The van der Waals surface area contributed by atoms with Gasteiger partial charge in [0.25, 0.3) is 0 Å². The molecule has 0 bridgehead atoms. The van der Waals surface area contributed by atoms with Gasteiger partial charge in [0.1, 0.15) is 0 Å². The summed E-state index contributed by atoms with van der Waals surface area (Å²) in [4.78, 5) is 2.41. The average molecular weight is 298 g/mol. The van der Waals surface area contributed by atoms with Gasteiger partial charge in [-0.3, -0.25) is 4.90 Å². The molecule has 0 radical (unpaired) electrons. The highest BCUT2D eigenvalue weighted by atomic mass is 19.4. The molecule has 0 aliphatic carbocycles. The first-order valence-corrected chi connectivity index (χ1v) is 7.65. The molecule has 1 aromatic rings. The van der Waals surface area contributed by atoms with Crippen molar-refractivity contribution in [2.24, 2.45) is 0 Å². The van der Waals surface area contributed by atoms with E-state index in [1.807, 2.05) is 6.07 Å². The molecule has 21 heavy (non-hydrogen) atoms. The van der Waals surface area contributed by atoms with E-state index in [9.17, 15) is 13.2 Å². The molecule has 0 spiro atoms. The van der Waals surface area contributed by atoms with Gasteiger partial charge in [0.05, 0.1) is 6.42 Å². The third kappa shape index (κ3) is 3.58. The number of nitrogens with zero attached hydrogens (tertiary/aromatic N) is 1. The third-order valence-electron chi connectivity index (χ3n) is 4.66. The second-order valence-electron chi connectivity index (χ2n) is 6.09. The van der Waals surface area contributed by atoms with E-state index in [4.69, 9.17) is 0 Å². The maximum absolute atomic E-state index is 12.9. The molecule has 0 saturated carbocycles. The standard InChI is InChI=1S/C16H21F3N2/c17-16(18,19)11-14(12-5-2-1-3-6-12)20-13-8-10-21-9-4-7-15(13)21/h1-3,5-6,13-15,20H,4,7-11H2. The maximum Gasteiger partial charge on any atom is 0.390 e. The van der Waals surface area contributed by atoms with E-state index < -0.39 is 18.6 Å². The summed E-state index contributed by atoms with van der Waals surface area (Å²) in [5.41, 5.74) is 0.728. The molecule has 0 amide bonds. The Balaban J connectivity index is 1.73. The molecule has 2 nitrogen and oxygen atoms in total. The zero-order valence-corrected chi connectivity index (χ0v) is 11.9. The lowest BCUT2D eigenvalue weighted by Gasteiger charge is -2.28. The highest BCUT2D eigenvalue weighted by Crippen LogP contribution is 2.33. The van der Waals surface area contributed by atoms with Crippen LogP contribution in [-0.2, 0) is 0 Å². The number of fused-ring (bicyclic) bond motifs is 1. The molecule has 3 atom stereocenters. The van der Waals surface area contributed by atoms with Gasteiger partial charge in [-0.2, -0.15) is 13.2 Å². The van der Waals surface area contributed by atoms with Crippen molar-refractivity contribution in [3.8, 4) is 0 Å². The molecular formula is C16H21F3N2. The lowest BCUT2D eigenvalue weighted by atomic mass is 9.99. The number of alkyl halides is 3. The van der Waals surface area contributed by atoms with E-state index in [1.54, 1.807) is 24.3 Å². The van der Waals surface area contributed by atoms with Crippen molar-refractivity contribution in [3.63, 3.8) is 0 Å². The number of hydrogen-bond donors (Lipinski definition) is 1. The van der Waals surface area contributed by atoms with Gasteiger partial charge in [-0.05, 0) is 31.4 Å². The van der Waals surface area contributed by atoms with Gasteiger partial charge in [0.15, 0.2) is 0 Å². The molecule has 3 unspecified atom stereocenters. The van der Waals surface area contributed by atoms with Gasteiger partial charge in [-0.25, -0.2) is 0 Å². The molecule has 5 heteroatoms. The van der Waals surface area contributed by atoms with Gasteiger partial charge in [0, 0.05) is 24.7 Å². The second kappa shape index (κ2) is 5.97. The molecular weight excluding hydrogens is 277 g/mol. The van der Waals surface area contributed by atoms with Crippen molar-refractivity contribution < 1.29 is 13.2 Å². The van der Waals surface area contributed by atoms with Crippen LogP contribution in [0, 0.1) is 0 Å². The van der Waals surface area contributed by atoms with Crippen LogP contribution in [-0.4, -0.2) is 36.2 Å². The van der Waals surface area contributed by atoms with Crippen LogP contribution in [0.1, 0.15) is 37.3 Å². The molecule has 2 fully saturated rings. The van der Waals surface area contributed by atoms with Gasteiger partial charge in [0.2, 0.25) is 0 Å². The van der Waals surface area contributed by atoms with Crippen molar-refractivity contribution in [2.75, 3.05) is 13.1 Å². The molecule has 116 valence electrons. The van der Waals surface area contributed by atoms with Crippen molar-refractivity contribution in [1.29, 1.82) is 0 Å². The van der Waals surface area contributed by atoms with Crippen molar-refractivity contribution in [2.45, 2.75) is 50.0 Å². The first kappa shape index (κ1) is 14.9. The van der Waals surface area contributed by atoms with Crippen molar-refractivity contribution >= 4 is 0 Å². The van der Waals surface area contributed by atoms with E-state index in [-0.39, 0.29) is 6.04 Å². The quantitative estimate of drug-likeness (QED) is 0.915. The first-order valence-electron chi connectivity index (χ1n) is 7.65. The summed E-state index contributed by atoms with van der Waals surface area (Å²) in [5, 5.41) is 3.30. The Hall–Kier alpha value is -1.07. The Labute approximate surface area is 123 Å². The molecule has 2 heterocycles. The third-order valence-corrected chi connectivity index (χ3v) is 4.66. The van der Waals surface area contributed by atoms with Crippen LogP contribution < -0.4 is 5.32 Å². The highest BCUT2D eigenvalue weighted by Gasteiger charge is 2.40. The molecule has 1 aromatic carbocycles. The van der Waals surface area contributed by atoms with Gasteiger partial charge < -0.3 is 5.32 Å². The second-order valence-corrected chi connectivity index (χ2v) is 6.09. The van der Waals surface area contributed by atoms with E-state index in [2.05, 4.69) is 10.2 Å². The number of rotatable bonds is 4. The summed E-state index contributed by atoms with van der Waals surface area (Å²) >= 11 is 0. The van der Waals surface area contributed by atoms with Crippen LogP contribution in [0.5, 0.6) is 0 Å². The van der Waals surface area contributed by atoms with E-state index in [0.29, 0.717) is 6.04 Å². The normalized spacial score (nSPS) is 27.8. The van der Waals surface area contributed by atoms with Crippen LogP contribution >= 0.6 is 0 Å². The largest absolute Gasteiger partial charge is 0.390 e. The molecule has 3 rings (SSSR count). The van der Waals surface area contributed by atoms with Crippen LogP contribution in [0.4, 0.5) is 13.2 Å². The summed E-state index contributed by atoms with van der Waals surface area (Å²) in [6.45, 7) is 2.11. The van der Waals surface area contributed by atoms with E-state index in [1.165, 1.54) is 0 Å². The predicted molar refractivity (Wildman–Crippen MR) is 76.0 cm³/mol. The van der Waals surface area contributed by atoms with Crippen molar-refractivity contribution in [3.05, 3.63) is 35.9 Å². The SMILES string of the molecule is FC(F)(F)CC(NC1CCN2CCCC12)c1ccccc1. The lowest BCUT2D eigenvalue weighted by molar-refractivity contribution is -0.141. The maximum atomic E-state index is 12.9. The topological polar surface area (TPSA) is 15.3 Å². The van der Waals surface area contributed by atoms with Crippen LogP contribution in [0.3, 0.4) is 0 Å². The summed E-state index contributed by atoms with van der Waals surface area (Å²) in [5.74, 6) is 0. The zero-order chi connectivity index (χ0) is 14.9. The molecule has 2 saturated heterocycles. The van der Waals surface area contributed by atoms with Crippen LogP contribution in [0.2, 0.25) is 0 Å². The van der Waals surface area contributed by atoms with Gasteiger partial charge in [-0.15, -0.1) is 0 Å². The van der Waals surface area contributed by atoms with Crippen LogP contribution in [0.15, 0.2) is 30.3 Å². The zero-order valence-electron chi connectivity index (χ0n) is 11.9. The number of hydrogen-bond acceptors (Lipinski definition) is 2. The van der Waals surface area contributed by atoms with Crippen LogP contribution in [0.25, 0.3) is 0 Å². The Morgan fingerprint density at radius 1 is 1.14 bits per heavy atom.